The van der Waals surface area contributed by atoms with Crippen LogP contribution in [0.25, 0.3) is 0 Å². The summed E-state index contributed by atoms with van der Waals surface area (Å²) in [4.78, 5) is 15.4. The maximum absolute atomic E-state index is 11.4. The van der Waals surface area contributed by atoms with Gasteiger partial charge in [-0.15, -0.1) is 0 Å². The number of aromatic nitrogens is 1. The lowest BCUT2D eigenvalue weighted by atomic mass is 9.96. The van der Waals surface area contributed by atoms with E-state index < -0.39 is 5.91 Å². The predicted molar refractivity (Wildman–Crippen MR) is 86.3 cm³/mol. The second kappa shape index (κ2) is 5.48. The number of pyridine rings is 1. The van der Waals surface area contributed by atoms with Gasteiger partial charge in [-0.05, 0) is 36.6 Å². The first-order valence-corrected chi connectivity index (χ1v) is 7.64. The van der Waals surface area contributed by atoms with E-state index >= 15 is 0 Å². The standard InChI is InChI=1S/C16H16BrN3O/c17-12-3-1-2-11(8-12)16(5-6-16)10-20-14-4-7-19-9-13(14)15(18)21/h1-4,7-9H,5-6,10H2,(H2,18,21)(H,19,20). The summed E-state index contributed by atoms with van der Waals surface area (Å²) in [5, 5.41) is 3.36. The van der Waals surface area contributed by atoms with E-state index in [-0.39, 0.29) is 5.41 Å². The number of anilines is 1. The number of primary amides is 1. The first-order chi connectivity index (χ1) is 10.1. The minimum Gasteiger partial charge on any atom is -0.383 e. The van der Waals surface area contributed by atoms with Crippen LogP contribution >= 0.6 is 15.9 Å². The van der Waals surface area contributed by atoms with Gasteiger partial charge < -0.3 is 11.1 Å². The molecule has 1 fully saturated rings. The van der Waals surface area contributed by atoms with Gasteiger partial charge >= 0.3 is 0 Å². The lowest BCUT2D eigenvalue weighted by Crippen LogP contribution is -2.22. The van der Waals surface area contributed by atoms with Crippen LogP contribution in [-0.4, -0.2) is 17.4 Å². The Bertz CT molecular complexity index is 683. The molecule has 3 rings (SSSR count). The smallest absolute Gasteiger partial charge is 0.252 e. The molecule has 1 heterocycles. The van der Waals surface area contributed by atoms with Crippen LogP contribution in [0.2, 0.25) is 0 Å². The minimum absolute atomic E-state index is 0.155. The number of nitrogens with zero attached hydrogens (tertiary/aromatic N) is 1. The third-order valence-corrected chi connectivity index (χ3v) is 4.49. The van der Waals surface area contributed by atoms with E-state index in [1.807, 2.05) is 6.07 Å². The third kappa shape index (κ3) is 2.93. The van der Waals surface area contributed by atoms with Crippen LogP contribution in [-0.2, 0) is 5.41 Å². The zero-order valence-electron chi connectivity index (χ0n) is 11.5. The summed E-state index contributed by atoms with van der Waals surface area (Å²) >= 11 is 3.52. The average Bonchev–Trinajstić information content (AvgIpc) is 3.26. The van der Waals surface area contributed by atoms with Crippen molar-refractivity contribution in [2.24, 2.45) is 5.73 Å². The van der Waals surface area contributed by atoms with E-state index in [0.29, 0.717) is 5.56 Å². The number of nitrogens with two attached hydrogens (primary N) is 1. The number of halogens is 1. The molecule has 2 aromatic rings. The molecule has 1 aliphatic carbocycles. The van der Waals surface area contributed by atoms with Crippen LogP contribution in [0.4, 0.5) is 5.69 Å². The molecule has 0 aliphatic heterocycles. The van der Waals surface area contributed by atoms with Crippen molar-refractivity contribution < 1.29 is 4.79 Å². The van der Waals surface area contributed by atoms with Crippen LogP contribution in [0.15, 0.2) is 47.2 Å². The first kappa shape index (κ1) is 14.1. The maximum atomic E-state index is 11.4. The van der Waals surface area contributed by atoms with Crippen molar-refractivity contribution in [3.8, 4) is 0 Å². The summed E-state index contributed by atoms with van der Waals surface area (Å²) in [6.07, 6.45) is 5.46. The number of hydrogen-bond acceptors (Lipinski definition) is 3. The highest BCUT2D eigenvalue weighted by Crippen LogP contribution is 2.48. The predicted octanol–water partition coefficient (Wildman–Crippen LogP) is 3.09. The maximum Gasteiger partial charge on any atom is 0.252 e. The van der Waals surface area contributed by atoms with Crippen molar-refractivity contribution in [3.05, 3.63) is 58.3 Å². The number of hydrogen-bond donors (Lipinski definition) is 2. The summed E-state index contributed by atoms with van der Waals surface area (Å²) in [7, 11) is 0. The van der Waals surface area contributed by atoms with E-state index in [1.54, 1.807) is 12.3 Å². The Morgan fingerprint density at radius 3 is 2.86 bits per heavy atom. The number of carbonyl (C=O) groups is 1. The highest BCUT2D eigenvalue weighted by molar-refractivity contribution is 9.10. The van der Waals surface area contributed by atoms with Crippen LogP contribution < -0.4 is 11.1 Å². The molecule has 5 heteroatoms. The molecule has 1 aromatic heterocycles. The van der Waals surface area contributed by atoms with Crippen molar-refractivity contribution in [2.75, 3.05) is 11.9 Å². The van der Waals surface area contributed by atoms with Gasteiger partial charge in [0.1, 0.15) is 0 Å². The quantitative estimate of drug-likeness (QED) is 0.874. The highest BCUT2D eigenvalue weighted by Gasteiger charge is 2.44. The molecular formula is C16H16BrN3O. The van der Waals surface area contributed by atoms with Gasteiger partial charge in [-0.25, -0.2) is 0 Å². The van der Waals surface area contributed by atoms with Gasteiger partial charge in [0.25, 0.3) is 5.91 Å². The molecule has 0 unspecified atom stereocenters. The average molecular weight is 346 g/mol. The number of rotatable bonds is 5. The van der Waals surface area contributed by atoms with Crippen LogP contribution in [0.3, 0.4) is 0 Å². The Hall–Kier alpha value is -1.88. The Balaban J connectivity index is 1.78. The molecule has 3 N–H and O–H groups in total. The number of nitrogens with one attached hydrogen (secondary N) is 1. The summed E-state index contributed by atoms with van der Waals surface area (Å²) in [6.45, 7) is 0.785. The molecule has 1 saturated carbocycles. The Labute approximate surface area is 131 Å². The highest BCUT2D eigenvalue weighted by atomic mass is 79.9. The fourth-order valence-corrected chi connectivity index (χ4v) is 2.95. The topological polar surface area (TPSA) is 68.0 Å². The third-order valence-electron chi connectivity index (χ3n) is 3.99. The molecule has 0 saturated heterocycles. The van der Waals surface area contributed by atoms with Crippen molar-refractivity contribution in [1.29, 1.82) is 0 Å². The molecule has 21 heavy (non-hydrogen) atoms. The van der Waals surface area contributed by atoms with Crippen molar-refractivity contribution in [2.45, 2.75) is 18.3 Å². The van der Waals surface area contributed by atoms with Gasteiger partial charge in [-0.1, -0.05) is 28.1 Å². The summed E-state index contributed by atoms with van der Waals surface area (Å²) < 4.78 is 1.09. The fraction of sp³-hybridized carbons (Fsp3) is 0.250. The van der Waals surface area contributed by atoms with Gasteiger partial charge in [0.05, 0.1) is 11.3 Å². The van der Waals surface area contributed by atoms with Crippen molar-refractivity contribution in [1.82, 2.24) is 4.98 Å². The van der Waals surface area contributed by atoms with Crippen LogP contribution in [0, 0.1) is 0 Å². The first-order valence-electron chi connectivity index (χ1n) is 6.84. The molecule has 0 spiro atoms. The number of benzene rings is 1. The number of amides is 1. The van der Waals surface area contributed by atoms with Gasteiger partial charge in [-0.2, -0.15) is 0 Å². The lowest BCUT2D eigenvalue weighted by molar-refractivity contribution is 0.100. The zero-order valence-corrected chi connectivity index (χ0v) is 13.1. The van der Waals surface area contributed by atoms with E-state index in [9.17, 15) is 4.79 Å². The molecule has 0 atom stereocenters. The molecule has 1 aromatic carbocycles. The second-order valence-electron chi connectivity index (χ2n) is 5.43. The Morgan fingerprint density at radius 2 is 2.19 bits per heavy atom. The van der Waals surface area contributed by atoms with Crippen molar-refractivity contribution >= 4 is 27.5 Å². The van der Waals surface area contributed by atoms with E-state index in [0.717, 1.165) is 29.5 Å². The zero-order chi connectivity index (χ0) is 14.9. The molecule has 108 valence electrons. The van der Waals surface area contributed by atoms with E-state index in [2.05, 4.69) is 44.4 Å². The summed E-state index contributed by atoms with van der Waals surface area (Å²) in [5.41, 5.74) is 8.03. The monoisotopic (exact) mass is 345 g/mol. The minimum atomic E-state index is -0.460. The Kier molecular flexibility index (Phi) is 3.68. The molecule has 0 radical (unpaired) electrons. The normalized spacial score (nSPS) is 15.5. The Morgan fingerprint density at radius 1 is 1.38 bits per heavy atom. The molecule has 0 bridgehead atoms. The van der Waals surface area contributed by atoms with Gasteiger partial charge in [-0.3, -0.25) is 9.78 Å². The van der Waals surface area contributed by atoms with Gasteiger partial charge in [0.2, 0.25) is 0 Å². The van der Waals surface area contributed by atoms with E-state index in [1.165, 1.54) is 11.8 Å². The van der Waals surface area contributed by atoms with Crippen LogP contribution in [0.5, 0.6) is 0 Å². The van der Waals surface area contributed by atoms with Crippen LogP contribution in [0.1, 0.15) is 28.8 Å². The second-order valence-corrected chi connectivity index (χ2v) is 6.35. The lowest BCUT2D eigenvalue weighted by Gasteiger charge is -2.18. The SMILES string of the molecule is NC(=O)c1cnccc1NCC1(c2cccc(Br)c2)CC1. The van der Waals surface area contributed by atoms with E-state index in [4.69, 9.17) is 5.73 Å². The van der Waals surface area contributed by atoms with Gasteiger partial charge in [0, 0.05) is 28.8 Å². The molecular weight excluding hydrogens is 330 g/mol. The summed E-state index contributed by atoms with van der Waals surface area (Å²) in [6, 6.07) is 10.2. The summed E-state index contributed by atoms with van der Waals surface area (Å²) in [5.74, 6) is -0.460. The molecule has 1 amide bonds. The van der Waals surface area contributed by atoms with Gasteiger partial charge in [0.15, 0.2) is 0 Å². The largest absolute Gasteiger partial charge is 0.383 e. The number of carbonyl (C=O) groups excluding carboxylic acids is 1. The molecule has 4 nitrogen and oxygen atoms in total. The fourth-order valence-electron chi connectivity index (χ4n) is 2.55. The van der Waals surface area contributed by atoms with Crippen molar-refractivity contribution in [3.63, 3.8) is 0 Å². The molecule has 1 aliphatic rings.